The Morgan fingerprint density at radius 2 is 2.18 bits per heavy atom. The summed E-state index contributed by atoms with van der Waals surface area (Å²) in [6.07, 6.45) is 1.62. The van der Waals surface area contributed by atoms with Crippen molar-refractivity contribution in [3.05, 3.63) is 61.9 Å². The summed E-state index contributed by atoms with van der Waals surface area (Å²) in [5.74, 6) is -1.27. The van der Waals surface area contributed by atoms with Crippen LogP contribution in [-0.2, 0) is 9.59 Å². The van der Waals surface area contributed by atoms with Crippen LogP contribution in [-0.4, -0.2) is 57.7 Å². The zero-order chi connectivity index (χ0) is 20.0. The number of aliphatic imine (C=N–C) groups is 1. The number of aromatic nitrogens is 1. The Labute approximate surface area is 171 Å². The van der Waals surface area contributed by atoms with Gasteiger partial charge in [-0.1, -0.05) is 22.0 Å². The van der Waals surface area contributed by atoms with E-state index in [2.05, 4.69) is 25.9 Å². The molecule has 1 aromatic carbocycles. The number of rotatable bonds is 3. The molecule has 0 radical (unpaired) electrons. The Hall–Kier alpha value is -2.59. The van der Waals surface area contributed by atoms with Crippen molar-refractivity contribution in [2.75, 3.05) is 20.1 Å². The Morgan fingerprint density at radius 3 is 2.82 bits per heavy atom. The normalized spacial score (nSPS) is 19.6. The fraction of sp³-hybridized carbons (Fsp3) is 0.222. The average Bonchev–Trinajstić information content (AvgIpc) is 3.16. The number of carbonyl (C=O) groups excluding carboxylic acids is 1. The highest BCUT2D eigenvalue weighted by atomic mass is 79.9. The van der Waals surface area contributed by atoms with E-state index in [1.54, 1.807) is 23.5 Å². The van der Waals surface area contributed by atoms with Crippen molar-refractivity contribution in [3.63, 3.8) is 0 Å². The molecular formula is C18H14BrFN4O3S. The monoisotopic (exact) mass is 464 g/mol. The molecule has 1 unspecified atom stereocenters. The number of halogens is 2. The van der Waals surface area contributed by atoms with E-state index in [0.717, 1.165) is 0 Å². The molecule has 2 aliphatic heterocycles. The summed E-state index contributed by atoms with van der Waals surface area (Å²) in [5.41, 5.74) is 1.07. The van der Waals surface area contributed by atoms with Crippen LogP contribution in [0.2, 0.25) is 0 Å². The van der Waals surface area contributed by atoms with Gasteiger partial charge >= 0.3 is 5.97 Å². The van der Waals surface area contributed by atoms with Gasteiger partial charge in [-0.2, -0.15) is 0 Å². The lowest BCUT2D eigenvalue weighted by molar-refractivity contribution is -0.135. The molecule has 0 bridgehead atoms. The van der Waals surface area contributed by atoms with Crippen LogP contribution < -0.4 is 0 Å². The van der Waals surface area contributed by atoms with Crippen molar-refractivity contribution < 1.29 is 19.1 Å². The first-order chi connectivity index (χ1) is 13.4. The van der Waals surface area contributed by atoms with Gasteiger partial charge in [0.2, 0.25) is 5.91 Å². The van der Waals surface area contributed by atoms with E-state index >= 15 is 0 Å². The van der Waals surface area contributed by atoms with Gasteiger partial charge in [0.05, 0.1) is 17.8 Å². The number of likely N-dealkylation sites (N-methyl/N-ethyl adjacent to an activating group) is 1. The third-order valence-corrected chi connectivity index (χ3v) is 6.09. The minimum Gasteiger partial charge on any atom is -0.478 e. The summed E-state index contributed by atoms with van der Waals surface area (Å²) in [6.45, 7) is 0.124. The number of aliphatic carboxylic acids is 1. The molecule has 0 spiro atoms. The van der Waals surface area contributed by atoms with E-state index in [1.165, 1.54) is 34.4 Å². The molecule has 1 N–H and O–H groups in total. The highest BCUT2D eigenvalue weighted by Crippen LogP contribution is 2.39. The lowest BCUT2D eigenvalue weighted by Gasteiger charge is -2.40. The van der Waals surface area contributed by atoms with Crippen molar-refractivity contribution in [1.82, 2.24) is 14.8 Å². The maximum Gasteiger partial charge on any atom is 0.335 e. The van der Waals surface area contributed by atoms with Gasteiger partial charge in [-0.25, -0.2) is 14.2 Å². The van der Waals surface area contributed by atoms with E-state index in [4.69, 9.17) is 0 Å². The number of nitrogens with zero attached hydrogens (tertiary/aromatic N) is 4. The quantitative estimate of drug-likeness (QED) is 0.754. The standard InChI is InChI=1S/C18H14BrFN4O3S/c1-23-7-12-14(18(26)27)15(10-3-2-9(20)6-11(10)19)22-16(17-21-4-5-28-17)24(12)8-13(23)25/h2-6,15H,7-8H2,1H3,(H,26,27). The molecule has 7 nitrogen and oxygen atoms in total. The highest BCUT2D eigenvalue weighted by Gasteiger charge is 2.40. The lowest BCUT2D eigenvalue weighted by atomic mass is 9.94. The van der Waals surface area contributed by atoms with Crippen LogP contribution in [0.4, 0.5) is 4.39 Å². The summed E-state index contributed by atoms with van der Waals surface area (Å²) < 4.78 is 14.0. The van der Waals surface area contributed by atoms with Crippen molar-refractivity contribution in [2.24, 2.45) is 4.99 Å². The van der Waals surface area contributed by atoms with Gasteiger partial charge in [0.1, 0.15) is 18.4 Å². The first kappa shape index (κ1) is 18.8. The lowest BCUT2D eigenvalue weighted by Crippen LogP contribution is -2.52. The number of carbonyl (C=O) groups is 2. The zero-order valence-corrected chi connectivity index (χ0v) is 17.0. The SMILES string of the molecule is CN1CC2=C(C(=O)O)C(c3ccc(F)cc3Br)N=C(c3nccs3)N2CC1=O. The second-order valence-corrected chi connectivity index (χ2v) is 8.11. The third-order valence-electron chi connectivity index (χ3n) is 4.63. The van der Waals surface area contributed by atoms with Gasteiger partial charge in [0, 0.05) is 23.1 Å². The van der Waals surface area contributed by atoms with E-state index in [-0.39, 0.29) is 24.6 Å². The Balaban J connectivity index is 1.94. The molecule has 10 heteroatoms. The number of hydrogen-bond acceptors (Lipinski definition) is 6. The Bertz CT molecular complexity index is 1040. The van der Waals surface area contributed by atoms with Crippen molar-refractivity contribution in [1.29, 1.82) is 0 Å². The molecule has 4 rings (SSSR count). The molecule has 2 aromatic rings. The predicted molar refractivity (Wildman–Crippen MR) is 104 cm³/mol. The molecule has 28 heavy (non-hydrogen) atoms. The Kier molecular flexibility index (Phi) is 4.76. The molecule has 1 amide bonds. The number of thiazole rings is 1. The highest BCUT2D eigenvalue weighted by molar-refractivity contribution is 9.10. The topological polar surface area (TPSA) is 86.1 Å². The molecule has 1 aromatic heterocycles. The van der Waals surface area contributed by atoms with Gasteiger partial charge < -0.3 is 14.9 Å². The van der Waals surface area contributed by atoms with Gasteiger partial charge in [0.25, 0.3) is 0 Å². The number of fused-ring (bicyclic) bond motifs is 1. The molecule has 144 valence electrons. The molecule has 1 saturated heterocycles. The van der Waals surface area contributed by atoms with Crippen LogP contribution in [0, 0.1) is 5.82 Å². The number of carboxylic acids is 1. The molecule has 3 heterocycles. The van der Waals surface area contributed by atoms with Gasteiger partial charge in [-0.15, -0.1) is 11.3 Å². The van der Waals surface area contributed by atoms with Crippen molar-refractivity contribution in [3.8, 4) is 0 Å². The molecule has 2 aliphatic rings. The van der Waals surface area contributed by atoms with Crippen molar-refractivity contribution >= 4 is 45.0 Å². The summed E-state index contributed by atoms with van der Waals surface area (Å²) in [7, 11) is 1.63. The predicted octanol–water partition coefficient (Wildman–Crippen LogP) is 2.66. The maximum absolute atomic E-state index is 13.6. The summed E-state index contributed by atoms with van der Waals surface area (Å²) >= 11 is 4.67. The largest absolute Gasteiger partial charge is 0.478 e. The van der Waals surface area contributed by atoms with Crippen LogP contribution >= 0.6 is 27.3 Å². The Morgan fingerprint density at radius 1 is 1.39 bits per heavy atom. The minimum absolute atomic E-state index is 0.0155. The van der Waals surface area contributed by atoms with Gasteiger partial charge in [-0.3, -0.25) is 9.79 Å². The van der Waals surface area contributed by atoms with E-state index in [9.17, 15) is 19.1 Å². The molecule has 0 saturated carbocycles. The first-order valence-corrected chi connectivity index (χ1v) is 9.94. The minimum atomic E-state index is -1.13. The number of carboxylic acid groups (broad SMARTS) is 1. The smallest absolute Gasteiger partial charge is 0.335 e. The van der Waals surface area contributed by atoms with Crippen LogP contribution in [0.15, 0.2) is 50.5 Å². The number of hydrogen-bond donors (Lipinski definition) is 1. The van der Waals surface area contributed by atoms with Crippen LogP contribution in [0.5, 0.6) is 0 Å². The molecule has 1 fully saturated rings. The number of amides is 1. The van der Waals surface area contributed by atoms with E-state index < -0.39 is 17.8 Å². The fourth-order valence-corrected chi connectivity index (χ4v) is 4.50. The second kappa shape index (κ2) is 7.10. The van der Waals surface area contributed by atoms with Gasteiger partial charge in [-0.05, 0) is 17.7 Å². The summed E-state index contributed by atoms with van der Waals surface area (Å²) in [6, 6.07) is 3.20. The third kappa shape index (κ3) is 3.12. The van der Waals surface area contributed by atoms with Crippen molar-refractivity contribution in [2.45, 2.75) is 6.04 Å². The summed E-state index contributed by atoms with van der Waals surface area (Å²) in [5, 5.41) is 12.3. The molecule has 1 atom stereocenters. The average molecular weight is 465 g/mol. The van der Waals surface area contributed by atoms with Crippen LogP contribution in [0.3, 0.4) is 0 Å². The van der Waals surface area contributed by atoms with E-state index in [0.29, 0.717) is 26.6 Å². The first-order valence-electron chi connectivity index (χ1n) is 8.27. The van der Waals surface area contributed by atoms with Gasteiger partial charge in [0.15, 0.2) is 10.8 Å². The van der Waals surface area contributed by atoms with Crippen LogP contribution in [0.25, 0.3) is 0 Å². The number of amidine groups is 1. The molecular weight excluding hydrogens is 451 g/mol. The molecule has 0 aliphatic carbocycles. The second-order valence-electron chi connectivity index (χ2n) is 6.36. The fourth-order valence-electron chi connectivity index (χ4n) is 3.29. The summed E-state index contributed by atoms with van der Waals surface area (Å²) in [4.78, 5) is 36.5. The van der Waals surface area contributed by atoms with Crippen LogP contribution in [0.1, 0.15) is 16.6 Å². The number of piperazine rings is 1. The van der Waals surface area contributed by atoms with E-state index in [1.807, 2.05) is 0 Å². The number of benzene rings is 1. The zero-order valence-electron chi connectivity index (χ0n) is 14.6. The maximum atomic E-state index is 13.6.